The largest absolute Gasteiger partial charge is 0.456 e. The summed E-state index contributed by atoms with van der Waals surface area (Å²) in [6.07, 6.45) is 4.74. The molecule has 1 aliphatic heterocycles. The molecule has 0 radical (unpaired) electrons. The van der Waals surface area contributed by atoms with E-state index in [4.69, 9.17) is 16.3 Å². The maximum absolute atomic E-state index is 12.1. The Morgan fingerprint density at radius 1 is 1.42 bits per heavy atom. The van der Waals surface area contributed by atoms with Crippen molar-refractivity contribution >= 4 is 29.3 Å². The van der Waals surface area contributed by atoms with Gasteiger partial charge in [-0.05, 0) is 26.0 Å². The van der Waals surface area contributed by atoms with Crippen molar-refractivity contribution in [3.63, 3.8) is 0 Å². The van der Waals surface area contributed by atoms with E-state index in [1.165, 1.54) is 30.4 Å². The number of carbonyl (C=O) groups is 1. The summed E-state index contributed by atoms with van der Waals surface area (Å²) >= 11 is 6.01. The van der Waals surface area contributed by atoms with E-state index < -0.39 is 16.5 Å². The quantitative estimate of drug-likeness (QED) is 0.381. The summed E-state index contributed by atoms with van der Waals surface area (Å²) in [4.78, 5) is 22.4. The Bertz CT molecular complexity index is 652. The predicted octanol–water partition coefficient (Wildman–Crippen LogP) is 2.56. The molecule has 0 amide bonds. The van der Waals surface area contributed by atoms with Gasteiger partial charge >= 0.3 is 5.97 Å². The molecule has 1 aromatic carbocycles. The van der Waals surface area contributed by atoms with E-state index in [0.29, 0.717) is 16.5 Å². The Morgan fingerprint density at radius 3 is 2.71 bits per heavy atom. The molecule has 6 nitrogen and oxygen atoms in total. The molecule has 0 aliphatic carbocycles. The van der Waals surface area contributed by atoms with Crippen molar-refractivity contribution in [2.45, 2.75) is 32.3 Å². The Labute approximate surface area is 146 Å². The lowest BCUT2D eigenvalue weighted by atomic mass is 9.83. The first-order valence-electron chi connectivity index (χ1n) is 7.96. The molecule has 1 fully saturated rings. The van der Waals surface area contributed by atoms with Crippen molar-refractivity contribution in [1.82, 2.24) is 0 Å². The van der Waals surface area contributed by atoms with E-state index in [-0.39, 0.29) is 5.69 Å². The molecule has 130 valence electrons. The highest BCUT2D eigenvalue weighted by Crippen LogP contribution is 2.28. The summed E-state index contributed by atoms with van der Waals surface area (Å²) in [7, 11) is 0. The fourth-order valence-corrected chi connectivity index (χ4v) is 3.11. The second-order valence-corrected chi connectivity index (χ2v) is 6.87. The summed E-state index contributed by atoms with van der Waals surface area (Å²) in [6, 6.07) is 4.09. The molecule has 0 unspecified atom stereocenters. The molecule has 1 saturated heterocycles. The number of esters is 1. The summed E-state index contributed by atoms with van der Waals surface area (Å²) in [6.45, 7) is 5.94. The zero-order valence-electron chi connectivity index (χ0n) is 13.8. The predicted molar refractivity (Wildman–Crippen MR) is 91.7 cm³/mol. The van der Waals surface area contributed by atoms with Gasteiger partial charge in [0.2, 0.25) is 0 Å². The third kappa shape index (κ3) is 4.79. The highest BCUT2D eigenvalue weighted by Gasteiger charge is 2.34. The molecule has 2 N–H and O–H groups in total. The Hall–Kier alpha value is -1.92. The topological polar surface area (TPSA) is 86.0 Å². The van der Waals surface area contributed by atoms with Gasteiger partial charge in [-0.3, -0.25) is 10.1 Å². The second kappa shape index (κ2) is 7.77. The molecule has 2 rings (SSSR count). The first-order valence-corrected chi connectivity index (χ1v) is 8.34. The van der Waals surface area contributed by atoms with Crippen LogP contribution >= 0.6 is 11.6 Å². The lowest BCUT2D eigenvalue weighted by Crippen LogP contribution is -2.86. The number of halogens is 1. The van der Waals surface area contributed by atoms with Crippen molar-refractivity contribution < 1.29 is 19.8 Å². The molecule has 0 spiro atoms. The minimum absolute atomic E-state index is 0.0776. The van der Waals surface area contributed by atoms with Crippen LogP contribution < -0.4 is 5.32 Å². The summed E-state index contributed by atoms with van der Waals surface area (Å²) in [5, 5.41) is 13.4. The van der Waals surface area contributed by atoms with Crippen LogP contribution in [0.2, 0.25) is 5.02 Å². The molecule has 0 saturated carbocycles. The monoisotopic (exact) mass is 353 g/mol. The number of nitro groups is 1. The number of ether oxygens (including phenoxy) is 1. The van der Waals surface area contributed by atoms with E-state index >= 15 is 0 Å². The van der Waals surface area contributed by atoms with Crippen LogP contribution in [-0.4, -0.2) is 29.6 Å². The number of piperidine rings is 1. The zero-order valence-corrected chi connectivity index (χ0v) is 14.6. The first kappa shape index (κ1) is 18.4. The van der Waals surface area contributed by atoms with Crippen molar-refractivity contribution in [2.75, 3.05) is 13.1 Å². The minimum Gasteiger partial charge on any atom is -0.456 e. The number of benzene rings is 1. The number of carbonyl (C=O) groups excluding carboxylic acids is 1. The lowest BCUT2D eigenvalue weighted by Gasteiger charge is -2.35. The first-order chi connectivity index (χ1) is 11.3. The number of hydrogen-bond acceptors (Lipinski definition) is 4. The van der Waals surface area contributed by atoms with Crippen LogP contribution in [0.5, 0.6) is 0 Å². The van der Waals surface area contributed by atoms with Gasteiger partial charge in [0.05, 0.1) is 18.0 Å². The maximum Gasteiger partial charge on any atom is 0.331 e. The molecule has 7 heteroatoms. The van der Waals surface area contributed by atoms with Crippen LogP contribution in [0.1, 0.15) is 32.3 Å². The molecular weight excluding hydrogens is 332 g/mol. The highest BCUT2D eigenvalue weighted by atomic mass is 35.5. The highest BCUT2D eigenvalue weighted by molar-refractivity contribution is 6.32. The van der Waals surface area contributed by atoms with Gasteiger partial charge in [0.15, 0.2) is 0 Å². The average molecular weight is 354 g/mol. The summed E-state index contributed by atoms with van der Waals surface area (Å²) in [5.74, 6) is -0.140. The van der Waals surface area contributed by atoms with Crippen LogP contribution in [0.3, 0.4) is 0 Å². The number of hydrogen-bond donors (Lipinski definition) is 1. The smallest absolute Gasteiger partial charge is 0.331 e. The average Bonchev–Trinajstić information content (AvgIpc) is 2.54. The molecule has 24 heavy (non-hydrogen) atoms. The minimum atomic E-state index is -0.540. The van der Waals surface area contributed by atoms with E-state index in [2.05, 4.69) is 5.32 Å². The summed E-state index contributed by atoms with van der Waals surface area (Å²) in [5.41, 5.74) is -0.207. The van der Waals surface area contributed by atoms with Gasteiger partial charge in [-0.2, -0.15) is 0 Å². The van der Waals surface area contributed by atoms with E-state index in [0.717, 1.165) is 25.9 Å². The van der Waals surface area contributed by atoms with E-state index in [9.17, 15) is 14.9 Å². The molecular formula is C17H22ClN2O4+. The SMILES string of the molecule is CC(C)(OC(=O)/C=C/c1cc([N+](=O)[O-])ccc1Cl)C1CC[NH2+]CC1. The van der Waals surface area contributed by atoms with Gasteiger partial charge < -0.3 is 10.1 Å². The molecule has 1 heterocycles. The zero-order chi connectivity index (χ0) is 17.7. The van der Waals surface area contributed by atoms with Crippen LogP contribution in [0.4, 0.5) is 5.69 Å². The maximum atomic E-state index is 12.1. The molecule has 1 aromatic rings. The van der Waals surface area contributed by atoms with Crippen molar-refractivity contribution in [3.05, 3.63) is 45.0 Å². The Morgan fingerprint density at radius 2 is 2.08 bits per heavy atom. The molecule has 1 aliphatic rings. The van der Waals surface area contributed by atoms with Crippen LogP contribution in [0, 0.1) is 16.0 Å². The number of non-ortho nitro benzene ring substituents is 1. The Balaban J connectivity index is 2.04. The van der Waals surface area contributed by atoms with Crippen molar-refractivity contribution in [3.8, 4) is 0 Å². The van der Waals surface area contributed by atoms with E-state index in [1.54, 1.807) is 0 Å². The van der Waals surface area contributed by atoms with Gasteiger partial charge in [-0.1, -0.05) is 11.6 Å². The third-order valence-electron chi connectivity index (χ3n) is 4.37. The number of nitrogens with zero attached hydrogens (tertiary/aromatic N) is 1. The molecule has 0 atom stereocenters. The second-order valence-electron chi connectivity index (χ2n) is 6.46. The number of nitro benzene ring substituents is 1. The van der Waals surface area contributed by atoms with Crippen LogP contribution in [0.25, 0.3) is 6.08 Å². The lowest BCUT2D eigenvalue weighted by molar-refractivity contribution is -0.665. The summed E-state index contributed by atoms with van der Waals surface area (Å²) < 4.78 is 5.60. The Kier molecular flexibility index (Phi) is 5.96. The van der Waals surface area contributed by atoms with Gasteiger partial charge in [-0.15, -0.1) is 0 Å². The number of nitrogens with two attached hydrogens (primary N) is 1. The normalized spacial score (nSPS) is 16.3. The van der Waals surface area contributed by atoms with Gasteiger partial charge in [0.1, 0.15) is 5.60 Å². The van der Waals surface area contributed by atoms with Crippen molar-refractivity contribution in [1.29, 1.82) is 0 Å². The van der Waals surface area contributed by atoms with Gasteiger partial charge in [-0.25, -0.2) is 4.79 Å². The van der Waals surface area contributed by atoms with Gasteiger partial charge in [0.25, 0.3) is 5.69 Å². The molecule has 0 aromatic heterocycles. The standard InChI is InChI=1S/C17H21ClN2O4/c1-17(2,13-7-9-19-10-8-13)24-16(21)6-3-12-11-14(20(22)23)4-5-15(12)18/h3-6,11,13,19H,7-10H2,1-2H3/p+1/b6-3+. The van der Waals surface area contributed by atoms with Crippen LogP contribution in [0.15, 0.2) is 24.3 Å². The number of quaternary nitrogens is 1. The van der Waals surface area contributed by atoms with E-state index in [1.807, 2.05) is 13.8 Å². The number of rotatable bonds is 5. The fraction of sp³-hybridized carbons (Fsp3) is 0.471. The molecule has 0 bridgehead atoms. The van der Waals surface area contributed by atoms with Crippen LogP contribution in [-0.2, 0) is 9.53 Å². The fourth-order valence-electron chi connectivity index (χ4n) is 2.93. The van der Waals surface area contributed by atoms with Gasteiger partial charge in [0, 0.05) is 47.6 Å². The third-order valence-corrected chi connectivity index (χ3v) is 4.72. The van der Waals surface area contributed by atoms with Crippen molar-refractivity contribution in [2.24, 2.45) is 5.92 Å².